The third kappa shape index (κ3) is 3.13. The summed E-state index contributed by atoms with van der Waals surface area (Å²) < 4.78 is 1.88. The maximum Gasteiger partial charge on any atom is 0.0666 e. The van der Waals surface area contributed by atoms with Gasteiger partial charge in [-0.15, -0.1) is 0 Å². The Labute approximate surface area is 109 Å². The van der Waals surface area contributed by atoms with E-state index >= 15 is 0 Å². The molecule has 3 nitrogen and oxygen atoms in total. The maximum atomic E-state index is 4.24. The molecule has 2 rings (SSSR count). The van der Waals surface area contributed by atoms with E-state index in [0.717, 1.165) is 23.8 Å². The molecule has 1 aromatic carbocycles. The first-order valence-electron chi connectivity index (χ1n) is 6.67. The minimum absolute atomic E-state index is 0.748. The molecule has 1 heterocycles. The van der Waals surface area contributed by atoms with Crippen LogP contribution in [0.4, 0.5) is 5.69 Å². The molecule has 18 heavy (non-hydrogen) atoms. The van der Waals surface area contributed by atoms with E-state index in [0.29, 0.717) is 0 Å². The summed E-state index contributed by atoms with van der Waals surface area (Å²) in [5, 5.41) is 7.75. The van der Waals surface area contributed by atoms with Gasteiger partial charge in [-0.25, -0.2) is 4.68 Å². The molecule has 0 spiro atoms. The van der Waals surface area contributed by atoms with Crippen molar-refractivity contribution < 1.29 is 0 Å². The van der Waals surface area contributed by atoms with E-state index in [9.17, 15) is 0 Å². The lowest BCUT2D eigenvalue weighted by Crippen LogP contribution is -2.12. The molecule has 96 valence electrons. The molecule has 0 saturated carbocycles. The van der Waals surface area contributed by atoms with E-state index in [1.54, 1.807) is 6.20 Å². The first-order chi connectivity index (χ1) is 8.83. The lowest BCUT2D eigenvalue weighted by Gasteiger charge is -2.14. The zero-order valence-electron chi connectivity index (χ0n) is 11.1. The SMILES string of the molecule is CCC(CC)CNc1cccc(-n2cccn2)c1. The quantitative estimate of drug-likeness (QED) is 0.838. The van der Waals surface area contributed by atoms with Crippen LogP contribution < -0.4 is 5.32 Å². The molecule has 0 unspecified atom stereocenters. The van der Waals surface area contributed by atoms with Crippen molar-refractivity contribution in [2.75, 3.05) is 11.9 Å². The zero-order valence-corrected chi connectivity index (χ0v) is 11.1. The summed E-state index contributed by atoms with van der Waals surface area (Å²) in [7, 11) is 0. The third-order valence-electron chi connectivity index (χ3n) is 3.36. The van der Waals surface area contributed by atoms with Gasteiger partial charge in [-0.3, -0.25) is 0 Å². The van der Waals surface area contributed by atoms with Crippen molar-refractivity contribution in [1.29, 1.82) is 0 Å². The van der Waals surface area contributed by atoms with Crippen LogP contribution in [-0.2, 0) is 0 Å². The van der Waals surface area contributed by atoms with Crippen molar-refractivity contribution >= 4 is 5.69 Å². The molecule has 0 radical (unpaired) electrons. The van der Waals surface area contributed by atoms with Gasteiger partial charge in [0.15, 0.2) is 0 Å². The molecule has 0 aliphatic heterocycles. The molecule has 0 atom stereocenters. The molecule has 1 aromatic heterocycles. The highest BCUT2D eigenvalue weighted by Gasteiger charge is 2.03. The Hall–Kier alpha value is -1.77. The summed E-state index contributed by atoms with van der Waals surface area (Å²) in [5.41, 5.74) is 2.25. The van der Waals surface area contributed by atoms with Crippen molar-refractivity contribution in [3.05, 3.63) is 42.7 Å². The van der Waals surface area contributed by atoms with Gasteiger partial charge in [-0.1, -0.05) is 32.8 Å². The molecule has 2 aromatic rings. The van der Waals surface area contributed by atoms with E-state index in [2.05, 4.69) is 48.5 Å². The normalized spacial score (nSPS) is 10.8. The van der Waals surface area contributed by atoms with Gasteiger partial charge in [-0.2, -0.15) is 5.10 Å². The number of hydrogen-bond acceptors (Lipinski definition) is 2. The van der Waals surface area contributed by atoms with E-state index in [-0.39, 0.29) is 0 Å². The first-order valence-corrected chi connectivity index (χ1v) is 6.67. The van der Waals surface area contributed by atoms with E-state index in [4.69, 9.17) is 0 Å². The average Bonchev–Trinajstić information content (AvgIpc) is 2.94. The minimum atomic E-state index is 0.748. The summed E-state index contributed by atoms with van der Waals surface area (Å²) >= 11 is 0. The predicted molar refractivity (Wildman–Crippen MR) is 76.1 cm³/mol. The zero-order chi connectivity index (χ0) is 12.8. The van der Waals surface area contributed by atoms with Gasteiger partial charge in [0, 0.05) is 24.6 Å². The second-order valence-electron chi connectivity index (χ2n) is 4.56. The first kappa shape index (κ1) is 12.7. The molecule has 0 aliphatic carbocycles. The lowest BCUT2D eigenvalue weighted by molar-refractivity contribution is 0.519. The molecule has 0 fully saturated rings. The molecule has 0 aliphatic rings. The van der Waals surface area contributed by atoms with Crippen LogP contribution in [0.1, 0.15) is 26.7 Å². The number of nitrogens with one attached hydrogen (secondary N) is 1. The van der Waals surface area contributed by atoms with Crippen LogP contribution in [0.5, 0.6) is 0 Å². The highest BCUT2D eigenvalue weighted by atomic mass is 15.3. The van der Waals surface area contributed by atoms with Crippen molar-refractivity contribution in [3.63, 3.8) is 0 Å². The van der Waals surface area contributed by atoms with Gasteiger partial charge in [0.25, 0.3) is 0 Å². The Balaban J connectivity index is 2.04. The van der Waals surface area contributed by atoms with Crippen LogP contribution in [0.25, 0.3) is 5.69 Å². The molecular weight excluding hydrogens is 222 g/mol. The smallest absolute Gasteiger partial charge is 0.0666 e. The topological polar surface area (TPSA) is 29.9 Å². The van der Waals surface area contributed by atoms with E-state index < -0.39 is 0 Å². The van der Waals surface area contributed by atoms with Gasteiger partial charge < -0.3 is 5.32 Å². The number of nitrogens with zero attached hydrogens (tertiary/aromatic N) is 2. The van der Waals surface area contributed by atoms with Crippen LogP contribution in [0.2, 0.25) is 0 Å². The van der Waals surface area contributed by atoms with Crippen molar-refractivity contribution in [2.24, 2.45) is 5.92 Å². The molecule has 0 bridgehead atoms. The molecular formula is C15H21N3. The minimum Gasteiger partial charge on any atom is -0.385 e. The fourth-order valence-corrected chi connectivity index (χ4v) is 2.02. The molecule has 0 amide bonds. The molecule has 1 N–H and O–H groups in total. The maximum absolute atomic E-state index is 4.24. The largest absolute Gasteiger partial charge is 0.385 e. The Morgan fingerprint density at radius 3 is 2.72 bits per heavy atom. The summed E-state index contributed by atoms with van der Waals surface area (Å²) in [4.78, 5) is 0. The van der Waals surface area contributed by atoms with Gasteiger partial charge in [0.1, 0.15) is 0 Å². The number of anilines is 1. The van der Waals surface area contributed by atoms with Crippen molar-refractivity contribution in [2.45, 2.75) is 26.7 Å². The van der Waals surface area contributed by atoms with E-state index in [1.807, 2.05) is 16.9 Å². The van der Waals surface area contributed by atoms with E-state index in [1.165, 1.54) is 12.8 Å². The van der Waals surface area contributed by atoms with Crippen LogP contribution in [-0.4, -0.2) is 16.3 Å². The Bertz CT molecular complexity index is 458. The number of aromatic nitrogens is 2. The third-order valence-corrected chi connectivity index (χ3v) is 3.36. The second-order valence-corrected chi connectivity index (χ2v) is 4.56. The number of benzene rings is 1. The summed E-state index contributed by atoms with van der Waals surface area (Å²) in [5.74, 6) is 0.748. The Morgan fingerprint density at radius 2 is 2.06 bits per heavy atom. The fourth-order valence-electron chi connectivity index (χ4n) is 2.02. The standard InChI is InChI=1S/C15H21N3/c1-3-13(4-2)12-16-14-7-5-8-15(11-14)18-10-6-9-17-18/h5-11,13,16H,3-4,12H2,1-2H3. The molecule has 0 saturated heterocycles. The van der Waals surface area contributed by atoms with Crippen LogP contribution in [0.15, 0.2) is 42.7 Å². The monoisotopic (exact) mass is 243 g/mol. The second kappa shape index (κ2) is 6.24. The Kier molecular flexibility index (Phi) is 4.40. The van der Waals surface area contributed by atoms with Crippen molar-refractivity contribution in [3.8, 4) is 5.69 Å². The summed E-state index contributed by atoms with van der Waals surface area (Å²) in [6, 6.07) is 10.3. The van der Waals surface area contributed by atoms with Crippen LogP contribution >= 0.6 is 0 Å². The lowest BCUT2D eigenvalue weighted by atomic mass is 10.0. The van der Waals surface area contributed by atoms with Gasteiger partial charge in [0.05, 0.1) is 5.69 Å². The van der Waals surface area contributed by atoms with Gasteiger partial charge >= 0.3 is 0 Å². The van der Waals surface area contributed by atoms with Crippen molar-refractivity contribution in [1.82, 2.24) is 9.78 Å². The average molecular weight is 243 g/mol. The van der Waals surface area contributed by atoms with Gasteiger partial charge in [-0.05, 0) is 30.2 Å². The summed E-state index contributed by atoms with van der Waals surface area (Å²) in [6.45, 7) is 5.53. The predicted octanol–water partition coefficient (Wildman–Crippen LogP) is 3.72. The van der Waals surface area contributed by atoms with Gasteiger partial charge in [0.2, 0.25) is 0 Å². The molecule has 3 heteroatoms. The summed E-state index contributed by atoms with van der Waals surface area (Å²) in [6.07, 6.45) is 6.20. The highest BCUT2D eigenvalue weighted by Crippen LogP contribution is 2.15. The van der Waals surface area contributed by atoms with Crippen LogP contribution in [0, 0.1) is 5.92 Å². The Morgan fingerprint density at radius 1 is 1.22 bits per heavy atom. The fraction of sp³-hybridized carbons (Fsp3) is 0.400. The number of rotatable bonds is 6. The van der Waals surface area contributed by atoms with Crippen LogP contribution in [0.3, 0.4) is 0 Å². The number of hydrogen-bond donors (Lipinski definition) is 1. The highest BCUT2D eigenvalue weighted by molar-refractivity contribution is 5.50.